The molecule has 4 aromatic rings. The van der Waals surface area contributed by atoms with Crippen LogP contribution < -0.4 is 14.4 Å². The van der Waals surface area contributed by atoms with Crippen molar-refractivity contribution in [2.75, 3.05) is 33.2 Å². The Bertz CT molecular complexity index is 1740. The van der Waals surface area contributed by atoms with Crippen molar-refractivity contribution in [3.63, 3.8) is 0 Å². The summed E-state index contributed by atoms with van der Waals surface area (Å²) in [5.74, 6) is 0.00193. The van der Waals surface area contributed by atoms with Crippen molar-refractivity contribution in [3.8, 4) is 11.5 Å². The lowest BCUT2D eigenvalue weighted by Crippen LogP contribution is -2.35. The number of aliphatic hydroxyl groups is 1. The number of hydrogen-bond acceptors (Lipinski definition) is 11. The van der Waals surface area contributed by atoms with E-state index in [9.17, 15) is 18.4 Å². The van der Waals surface area contributed by atoms with Crippen LogP contribution in [0.4, 0.5) is 14.5 Å². The van der Waals surface area contributed by atoms with Gasteiger partial charge in [0, 0.05) is 62.0 Å². The van der Waals surface area contributed by atoms with E-state index in [4.69, 9.17) is 40.4 Å². The summed E-state index contributed by atoms with van der Waals surface area (Å²) >= 11 is 11.0. The topological polar surface area (TPSA) is 130 Å². The molecule has 0 bridgehead atoms. The monoisotopic (exact) mass is 957 g/mol. The molecule has 2 saturated heterocycles. The number of ether oxygens (including phenoxy) is 5. The standard InChI is InChI=1S/C15H18BrFO4.C8H7ClO2.C7H12BrFO2.C7H10N2.C5H5N/c1-4-12-9(2)15(16,17)14(20-12)21-13(18)10-5-7-11(19-3)8-6-10;1-11-7-4-2-6(3-5-7)8(9)10;1-3-5-4(2)7(8,9)6(10)11-5;1-9(2)7-3-5-8-6-4-7;1-2-4-6-5-3-1/h5-9,12,14H,4H2,1-3H3;2-5H,1H3;4-6,10H,3H2,1-2H3;3-6H,1-2H3;1-5H/t9-,12-,14-,15-;;4-,5-,6?,7-;;/m1.1../s1. The average Bonchev–Trinajstić information content (AvgIpc) is 3.59. The van der Waals surface area contributed by atoms with E-state index < -0.39 is 38.9 Å². The summed E-state index contributed by atoms with van der Waals surface area (Å²) in [6, 6.07) is 22.7. The molecule has 2 aromatic carbocycles. The Morgan fingerprint density at radius 3 is 1.52 bits per heavy atom. The van der Waals surface area contributed by atoms with Crippen molar-refractivity contribution in [1.29, 1.82) is 0 Å². The minimum atomic E-state index is -1.88. The number of halogens is 5. The van der Waals surface area contributed by atoms with Crippen LogP contribution >= 0.6 is 43.5 Å². The molecule has 16 heteroatoms. The third-order valence-corrected chi connectivity index (χ3v) is 11.4. The fourth-order valence-electron chi connectivity index (χ4n) is 5.25. The Morgan fingerprint density at radius 2 is 1.21 bits per heavy atom. The van der Waals surface area contributed by atoms with Crippen molar-refractivity contribution in [2.45, 2.75) is 74.5 Å². The van der Waals surface area contributed by atoms with E-state index in [0.717, 1.165) is 6.42 Å². The van der Waals surface area contributed by atoms with Crippen LogP contribution in [0.3, 0.4) is 0 Å². The number of esters is 1. The van der Waals surface area contributed by atoms with E-state index in [1.807, 2.05) is 63.2 Å². The zero-order chi connectivity index (χ0) is 43.5. The summed E-state index contributed by atoms with van der Waals surface area (Å²) in [5, 5.41) is 8.63. The quantitative estimate of drug-likeness (QED) is 0.103. The largest absolute Gasteiger partial charge is 0.497 e. The summed E-state index contributed by atoms with van der Waals surface area (Å²) in [6.45, 7) is 7.25. The smallest absolute Gasteiger partial charge is 0.340 e. The average molecular weight is 960 g/mol. The van der Waals surface area contributed by atoms with Crippen molar-refractivity contribution < 1.29 is 47.2 Å². The molecule has 2 aliphatic heterocycles. The van der Waals surface area contributed by atoms with Crippen molar-refractivity contribution in [3.05, 3.63) is 115 Å². The van der Waals surface area contributed by atoms with E-state index in [1.54, 1.807) is 94.3 Å². The predicted molar refractivity (Wildman–Crippen MR) is 228 cm³/mol. The number of hydrogen-bond donors (Lipinski definition) is 1. The number of methoxy groups -OCH3 is 2. The Hall–Kier alpha value is -3.73. The molecule has 318 valence electrons. The lowest BCUT2D eigenvalue weighted by atomic mass is 10.0. The van der Waals surface area contributed by atoms with E-state index >= 15 is 0 Å². The molecule has 2 fully saturated rings. The summed E-state index contributed by atoms with van der Waals surface area (Å²) in [6.07, 6.45) is 5.38. The highest BCUT2D eigenvalue weighted by Crippen LogP contribution is 2.46. The molecular formula is C42H52Br2ClF2N3O8. The van der Waals surface area contributed by atoms with Crippen LogP contribution in [0, 0.1) is 11.8 Å². The molecule has 2 aliphatic rings. The third kappa shape index (κ3) is 15.5. The number of carbonyl (C=O) groups excluding carboxylic acids is 2. The number of carbonyl (C=O) groups is 2. The number of pyridine rings is 2. The molecule has 0 amide bonds. The Morgan fingerprint density at radius 1 is 0.759 bits per heavy atom. The molecule has 2 aromatic heterocycles. The van der Waals surface area contributed by atoms with Gasteiger partial charge in [0.25, 0.3) is 5.24 Å². The summed E-state index contributed by atoms with van der Waals surface area (Å²) in [5.41, 5.74) is 1.98. The van der Waals surface area contributed by atoms with E-state index in [2.05, 4.69) is 41.8 Å². The highest BCUT2D eigenvalue weighted by atomic mass is 79.9. The van der Waals surface area contributed by atoms with Gasteiger partial charge in [-0.2, -0.15) is 0 Å². The Balaban J connectivity index is 0.000000268. The minimum Gasteiger partial charge on any atom is -0.497 e. The van der Waals surface area contributed by atoms with Gasteiger partial charge in [0.2, 0.25) is 15.4 Å². The second-order valence-corrected chi connectivity index (χ2v) is 15.8. The summed E-state index contributed by atoms with van der Waals surface area (Å²) in [7, 11) is 7.12. The number of rotatable bonds is 8. The Labute approximate surface area is 361 Å². The number of alkyl halides is 4. The number of aliphatic hydroxyl groups excluding tert-OH is 1. The molecule has 0 radical (unpaired) electrons. The van der Waals surface area contributed by atoms with E-state index in [0.29, 0.717) is 29.0 Å². The molecule has 0 aliphatic carbocycles. The van der Waals surface area contributed by atoms with Crippen LogP contribution in [0.25, 0.3) is 0 Å². The van der Waals surface area contributed by atoms with Crippen LogP contribution in [-0.4, -0.2) is 88.5 Å². The van der Waals surface area contributed by atoms with E-state index in [1.165, 1.54) is 12.8 Å². The van der Waals surface area contributed by atoms with Gasteiger partial charge in [0.1, 0.15) is 11.5 Å². The zero-order valence-electron chi connectivity index (χ0n) is 33.7. The SMILES string of the molecule is CC[C@H]1OC(O)[C@@](F)(Br)[C@@H]1C.CC[C@H]1O[C@H](OC(=O)c2ccc(OC)cc2)[C@@](F)(Br)[C@@H]1C.CN(C)c1ccncc1.COc1ccc(C(=O)Cl)cc1.c1ccncc1. The van der Waals surface area contributed by atoms with Crippen LogP contribution in [0.5, 0.6) is 11.5 Å². The maximum Gasteiger partial charge on any atom is 0.340 e. The first-order chi connectivity index (χ1) is 27.4. The number of aromatic nitrogens is 2. The second kappa shape index (κ2) is 25.0. The lowest BCUT2D eigenvalue weighted by Gasteiger charge is -2.22. The highest BCUT2D eigenvalue weighted by molar-refractivity contribution is 9.10. The van der Waals surface area contributed by atoms with Gasteiger partial charge in [-0.05, 0) is 129 Å². The molecule has 1 N–H and O–H groups in total. The van der Waals surface area contributed by atoms with Gasteiger partial charge in [-0.3, -0.25) is 14.8 Å². The van der Waals surface area contributed by atoms with Crippen molar-refractivity contribution >= 4 is 60.4 Å². The first-order valence-electron chi connectivity index (χ1n) is 18.3. The maximum absolute atomic E-state index is 14.6. The molecule has 0 saturated carbocycles. The zero-order valence-corrected chi connectivity index (χ0v) is 37.7. The molecule has 11 nitrogen and oxygen atoms in total. The summed E-state index contributed by atoms with van der Waals surface area (Å²) in [4.78, 5) is 32.4. The van der Waals surface area contributed by atoms with Crippen molar-refractivity contribution in [1.82, 2.24) is 9.97 Å². The van der Waals surface area contributed by atoms with Gasteiger partial charge >= 0.3 is 5.97 Å². The normalized spacial score (nSPS) is 25.3. The number of anilines is 1. The molecule has 1 unspecified atom stereocenters. The second-order valence-electron chi connectivity index (χ2n) is 13.0. The van der Waals surface area contributed by atoms with Gasteiger partial charge in [0.15, 0.2) is 6.29 Å². The van der Waals surface area contributed by atoms with Gasteiger partial charge in [-0.1, -0.05) is 33.8 Å². The molecule has 0 spiro atoms. The van der Waals surface area contributed by atoms with Gasteiger partial charge in [0.05, 0.1) is 32.0 Å². The fraction of sp³-hybridized carbons (Fsp3) is 0.429. The first kappa shape index (κ1) is 50.4. The van der Waals surface area contributed by atoms with Gasteiger partial charge < -0.3 is 33.7 Å². The summed E-state index contributed by atoms with van der Waals surface area (Å²) < 4.78 is 49.9. The third-order valence-electron chi connectivity index (χ3n) is 8.98. The highest BCUT2D eigenvalue weighted by Gasteiger charge is 2.56. The fourth-order valence-corrected chi connectivity index (χ4v) is 6.28. The van der Waals surface area contributed by atoms with Gasteiger partial charge in [-0.15, -0.1) is 0 Å². The van der Waals surface area contributed by atoms with Crippen molar-refractivity contribution in [2.24, 2.45) is 11.8 Å². The molecule has 4 heterocycles. The lowest BCUT2D eigenvalue weighted by molar-refractivity contribution is -0.126. The Kier molecular flexibility index (Phi) is 21.7. The van der Waals surface area contributed by atoms with Crippen LogP contribution in [0.2, 0.25) is 0 Å². The first-order valence-corrected chi connectivity index (χ1v) is 20.3. The molecule has 8 atom stereocenters. The molecule has 6 rings (SSSR count). The van der Waals surface area contributed by atoms with Gasteiger partial charge in [-0.25, -0.2) is 13.6 Å². The molecular weight excluding hydrogens is 908 g/mol. The van der Waals surface area contributed by atoms with Crippen LogP contribution in [0.1, 0.15) is 61.3 Å². The number of benzene rings is 2. The predicted octanol–water partition coefficient (Wildman–Crippen LogP) is 9.80. The maximum atomic E-state index is 14.6. The number of nitrogens with zero attached hydrogens (tertiary/aromatic N) is 3. The molecule has 58 heavy (non-hydrogen) atoms. The van der Waals surface area contributed by atoms with E-state index in [-0.39, 0.29) is 18.1 Å². The minimum absolute atomic E-state index is 0.186. The van der Waals surface area contributed by atoms with Crippen LogP contribution in [0.15, 0.2) is 104 Å². The van der Waals surface area contributed by atoms with Crippen LogP contribution in [-0.2, 0) is 14.2 Å².